The summed E-state index contributed by atoms with van der Waals surface area (Å²) in [6, 6.07) is 0. The fraction of sp³-hybridized carbons (Fsp3) is 0.688. The molecule has 0 radical (unpaired) electrons. The van der Waals surface area contributed by atoms with Gasteiger partial charge in [-0.25, -0.2) is 9.97 Å². The molecule has 0 amide bonds. The van der Waals surface area contributed by atoms with Crippen molar-refractivity contribution in [2.24, 2.45) is 0 Å². The van der Waals surface area contributed by atoms with Gasteiger partial charge in [0.1, 0.15) is 0 Å². The molecule has 0 saturated carbocycles. The van der Waals surface area contributed by atoms with Gasteiger partial charge in [-0.1, -0.05) is 0 Å². The molecule has 1 fully saturated rings. The average molecular weight is 306 g/mol. The summed E-state index contributed by atoms with van der Waals surface area (Å²) in [6.07, 6.45) is 3.99. The molecule has 0 bridgehead atoms. The first kappa shape index (κ1) is 16.8. The van der Waals surface area contributed by atoms with E-state index < -0.39 is 5.60 Å². The zero-order valence-corrected chi connectivity index (χ0v) is 14.0. The molecule has 0 aromatic carbocycles. The predicted molar refractivity (Wildman–Crippen MR) is 86.3 cm³/mol. The smallest absolute Gasteiger partial charge is 0.225 e. The van der Waals surface area contributed by atoms with Gasteiger partial charge in [-0.05, 0) is 47.2 Å². The monoisotopic (exact) mass is 306 g/mol. The van der Waals surface area contributed by atoms with Crippen LogP contribution < -0.4 is 4.90 Å². The van der Waals surface area contributed by atoms with Crippen molar-refractivity contribution in [1.29, 1.82) is 0 Å². The van der Waals surface area contributed by atoms with Crippen LogP contribution in [0.15, 0.2) is 6.20 Å². The molecular weight excluding hydrogens is 280 g/mol. The molecular formula is C16H26N4O2. The lowest BCUT2D eigenvalue weighted by atomic mass is 9.94. The van der Waals surface area contributed by atoms with Crippen molar-refractivity contribution in [1.82, 2.24) is 14.9 Å². The molecule has 1 aromatic rings. The number of carbonyl (C=O) groups is 1. The Hall–Kier alpha value is -1.53. The van der Waals surface area contributed by atoms with E-state index in [-0.39, 0.29) is 5.78 Å². The highest BCUT2D eigenvalue weighted by atomic mass is 16.3. The van der Waals surface area contributed by atoms with Crippen LogP contribution in [0, 0.1) is 6.92 Å². The second kappa shape index (κ2) is 6.71. The van der Waals surface area contributed by atoms with Crippen molar-refractivity contribution < 1.29 is 9.90 Å². The summed E-state index contributed by atoms with van der Waals surface area (Å²) in [5, 5.41) is 10.7. The van der Waals surface area contributed by atoms with Gasteiger partial charge in [-0.15, -0.1) is 0 Å². The van der Waals surface area contributed by atoms with Gasteiger partial charge in [-0.3, -0.25) is 4.79 Å². The highest BCUT2D eigenvalue weighted by Crippen LogP contribution is 2.25. The summed E-state index contributed by atoms with van der Waals surface area (Å²) in [5.74, 6) is 0.636. The molecule has 0 spiro atoms. The van der Waals surface area contributed by atoms with Gasteiger partial charge in [0.2, 0.25) is 5.95 Å². The number of carbonyl (C=O) groups excluding carboxylic acids is 1. The minimum atomic E-state index is -0.646. The summed E-state index contributed by atoms with van der Waals surface area (Å²) in [4.78, 5) is 24.4. The number of likely N-dealkylation sites (N-methyl/N-ethyl adjacent to an activating group) is 1. The molecule has 22 heavy (non-hydrogen) atoms. The van der Waals surface area contributed by atoms with Crippen LogP contribution in [-0.2, 0) is 0 Å². The summed E-state index contributed by atoms with van der Waals surface area (Å²) in [6.45, 7) is 5.59. The molecule has 6 heteroatoms. The Balaban J connectivity index is 2.11. The van der Waals surface area contributed by atoms with Crippen LogP contribution in [0.3, 0.4) is 0 Å². The summed E-state index contributed by atoms with van der Waals surface area (Å²) in [7, 11) is 3.96. The van der Waals surface area contributed by atoms with Gasteiger partial charge in [0.15, 0.2) is 5.78 Å². The number of nitrogens with zero attached hydrogens (tertiary/aromatic N) is 4. The molecule has 1 aliphatic rings. The average Bonchev–Trinajstić information content (AvgIpc) is 2.59. The van der Waals surface area contributed by atoms with Crippen molar-refractivity contribution >= 4 is 11.7 Å². The molecule has 1 aliphatic heterocycles. The van der Waals surface area contributed by atoms with Gasteiger partial charge < -0.3 is 14.9 Å². The largest absolute Gasteiger partial charge is 0.388 e. The maximum atomic E-state index is 11.5. The Kier molecular flexibility index (Phi) is 5.13. The van der Waals surface area contributed by atoms with E-state index in [0.717, 1.165) is 25.9 Å². The number of anilines is 1. The third-order valence-electron chi connectivity index (χ3n) is 4.16. The first-order valence-corrected chi connectivity index (χ1v) is 7.77. The molecule has 1 saturated heterocycles. The molecule has 1 N–H and O–H groups in total. The summed E-state index contributed by atoms with van der Waals surface area (Å²) >= 11 is 0. The fourth-order valence-electron chi connectivity index (χ4n) is 3.08. The molecule has 122 valence electrons. The topological polar surface area (TPSA) is 69.6 Å². The minimum absolute atomic E-state index is 0.0136. The van der Waals surface area contributed by atoms with E-state index in [9.17, 15) is 9.90 Å². The first-order chi connectivity index (χ1) is 10.3. The maximum absolute atomic E-state index is 11.5. The lowest BCUT2D eigenvalue weighted by Gasteiger charge is -2.30. The highest BCUT2D eigenvalue weighted by molar-refractivity contribution is 5.94. The van der Waals surface area contributed by atoms with Gasteiger partial charge in [0.25, 0.3) is 0 Å². The van der Waals surface area contributed by atoms with Crippen molar-refractivity contribution in [2.75, 3.05) is 38.6 Å². The Labute approximate surface area is 132 Å². The number of aliphatic hydroxyl groups is 1. The second-order valence-corrected chi connectivity index (χ2v) is 6.53. The summed E-state index contributed by atoms with van der Waals surface area (Å²) < 4.78 is 0. The van der Waals surface area contributed by atoms with Crippen LogP contribution in [0.2, 0.25) is 0 Å². The molecule has 2 rings (SSSR count). The van der Waals surface area contributed by atoms with Crippen LogP contribution in [0.1, 0.15) is 42.2 Å². The van der Waals surface area contributed by atoms with Gasteiger partial charge in [0, 0.05) is 25.8 Å². The van der Waals surface area contributed by atoms with Gasteiger partial charge >= 0.3 is 0 Å². The van der Waals surface area contributed by atoms with Crippen LogP contribution in [-0.4, -0.2) is 65.1 Å². The quantitative estimate of drug-likeness (QED) is 0.845. The highest BCUT2D eigenvalue weighted by Gasteiger charge is 2.31. The standard InChI is InChI=1S/C16H26N4O2/c1-12-14(13(2)21)10-17-15(18-12)20-8-5-6-16(22,7-9-20)11-19(3)4/h10,22H,5-9,11H2,1-4H3/t16-/m0/s1. The normalized spacial score (nSPS) is 22.7. The number of hydrogen-bond donors (Lipinski definition) is 1. The number of aryl methyl sites for hydroxylation is 1. The molecule has 0 aliphatic carbocycles. The zero-order chi connectivity index (χ0) is 16.3. The fourth-order valence-corrected chi connectivity index (χ4v) is 3.08. The molecule has 0 unspecified atom stereocenters. The molecule has 2 heterocycles. The van der Waals surface area contributed by atoms with Gasteiger partial charge in [-0.2, -0.15) is 0 Å². The van der Waals surface area contributed by atoms with Crippen LogP contribution >= 0.6 is 0 Å². The molecule has 1 atom stereocenters. The Bertz CT molecular complexity index is 547. The lowest BCUT2D eigenvalue weighted by molar-refractivity contribution is 0.00536. The van der Waals surface area contributed by atoms with Crippen molar-refractivity contribution in [3.8, 4) is 0 Å². The van der Waals surface area contributed by atoms with E-state index in [1.807, 2.05) is 25.9 Å². The number of hydrogen-bond acceptors (Lipinski definition) is 6. The third-order valence-corrected chi connectivity index (χ3v) is 4.16. The lowest BCUT2D eigenvalue weighted by Crippen LogP contribution is -2.41. The Morgan fingerprint density at radius 3 is 2.73 bits per heavy atom. The maximum Gasteiger partial charge on any atom is 0.225 e. The van der Waals surface area contributed by atoms with E-state index in [4.69, 9.17) is 0 Å². The number of aromatic nitrogens is 2. The van der Waals surface area contributed by atoms with Crippen molar-refractivity contribution in [3.63, 3.8) is 0 Å². The van der Waals surface area contributed by atoms with Crippen molar-refractivity contribution in [2.45, 2.75) is 38.7 Å². The summed E-state index contributed by atoms with van der Waals surface area (Å²) in [5.41, 5.74) is 0.639. The van der Waals surface area contributed by atoms with E-state index in [1.54, 1.807) is 6.20 Å². The predicted octanol–water partition coefficient (Wildman–Crippen LogP) is 1.27. The van der Waals surface area contributed by atoms with E-state index in [2.05, 4.69) is 14.9 Å². The zero-order valence-electron chi connectivity index (χ0n) is 14.0. The second-order valence-electron chi connectivity index (χ2n) is 6.53. The SMILES string of the molecule is CC(=O)c1cnc(N2CCC[C@@](O)(CN(C)C)CC2)nc1C. The van der Waals surface area contributed by atoms with E-state index in [1.165, 1.54) is 6.92 Å². The first-order valence-electron chi connectivity index (χ1n) is 7.77. The Morgan fingerprint density at radius 1 is 1.41 bits per heavy atom. The van der Waals surface area contributed by atoms with Gasteiger partial charge in [0.05, 0.1) is 16.9 Å². The Morgan fingerprint density at radius 2 is 2.14 bits per heavy atom. The van der Waals surface area contributed by atoms with E-state index in [0.29, 0.717) is 30.2 Å². The number of ketones is 1. The van der Waals surface area contributed by atoms with Crippen LogP contribution in [0.4, 0.5) is 5.95 Å². The van der Waals surface area contributed by atoms with Crippen LogP contribution in [0.25, 0.3) is 0 Å². The number of rotatable bonds is 4. The third kappa shape index (κ3) is 4.01. The van der Waals surface area contributed by atoms with E-state index >= 15 is 0 Å². The van der Waals surface area contributed by atoms with Crippen molar-refractivity contribution in [3.05, 3.63) is 17.5 Å². The minimum Gasteiger partial charge on any atom is -0.388 e. The molecule has 6 nitrogen and oxygen atoms in total. The molecule has 1 aromatic heterocycles. The van der Waals surface area contributed by atoms with Crippen LogP contribution in [0.5, 0.6) is 0 Å². The number of Topliss-reactive ketones (excluding diaryl/α,β-unsaturated/α-hetero) is 1.